The number of unbranched alkanes of at least 4 members (excludes halogenated alkanes) is 41. The van der Waals surface area contributed by atoms with Crippen molar-refractivity contribution in [2.75, 3.05) is 13.2 Å². The van der Waals surface area contributed by atoms with Crippen LogP contribution in [0, 0.1) is 0 Å². The Balaban J connectivity index is 4.25. The summed E-state index contributed by atoms with van der Waals surface area (Å²) < 4.78 is 17.0. The summed E-state index contributed by atoms with van der Waals surface area (Å²) in [5, 5.41) is 0. The van der Waals surface area contributed by atoms with E-state index in [2.05, 4.69) is 81.5 Å². The number of carbonyl (C=O) groups is 3. The van der Waals surface area contributed by atoms with Gasteiger partial charge in [0.1, 0.15) is 13.2 Å². The molecule has 0 heterocycles. The van der Waals surface area contributed by atoms with Gasteiger partial charge in [-0.15, -0.1) is 0 Å². The van der Waals surface area contributed by atoms with E-state index >= 15 is 0 Å². The molecule has 77 heavy (non-hydrogen) atoms. The van der Waals surface area contributed by atoms with Crippen molar-refractivity contribution >= 4 is 17.9 Å². The van der Waals surface area contributed by atoms with Gasteiger partial charge in [-0.25, -0.2) is 0 Å². The Kier molecular flexibility index (Phi) is 63.2. The zero-order chi connectivity index (χ0) is 55.7. The van der Waals surface area contributed by atoms with Gasteiger partial charge in [-0.2, -0.15) is 0 Å². The molecule has 0 aromatic carbocycles. The molecule has 0 aliphatic carbocycles. The molecule has 0 bridgehead atoms. The molecule has 0 aromatic heterocycles. The summed E-state index contributed by atoms with van der Waals surface area (Å²) in [7, 11) is 0. The summed E-state index contributed by atoms with van der Waals surface area (Å²) in [4.78, 5) is 38.4. The summed E-state index contributed by atoms with van der Waals surface area (Å²) in [6.07, 6.45) is 83.8. The average molecular weight is 1080 g/mol. The lowest BCUT2D eigenvalue weighted by molar-refractivity contribution is -0.167. The van der Waals surface area contributed by atoms with Crippen molar-refractivity contribution in [1.29, 1.82) is 0 Å². The fourth-order valence-corrected chi connectivity index (χ4v) is 9.96. The van der Waals surface area contributed by atoms with Crippen LogP contribution in [-0.4, -0.2) is 37.2 Å². The monoisotopic (exact) mass is 1080 g/mol. The summed E-state index contributed by atoms with van der Waals surface area (Å²) in [5.74, 6) is -0.858. The SMILES string of the molecule is CC/C=C\C/C=C\C/C=C\C/C=C\CCCCCCCCCCCCCCCCC(=O)OCC(COC(=O)CCCCCCC/C=C\CCCCCCC)OC(=O)CCCCCCCCCCCCCCCCCCCC. The highest BCUT2D eigenvalue weighted by Crippen LogP contribution is 2.18. The fraction of sp³-hybridized carbons (Fsp3) is 0.817. The van der Waals surface area contributed by atoms with Crippen molar-refractivity contribution < 1.29 is 28.6 Å². The maximum Gasteiger partial charge on any atom is 0.306 e. The highest BCUT2D eigenvalue weighted by molar-refractivity contribution is 5.71. The molecule has 6 nitrogen and oxygen atoms in total. The molecule has 0 fully saturated rings. The zero-order valence-electron chi connectivity index (χ0n) is 51.5. The molecule has 6 heteroatoms. The van der Waals surface area contributed by atoms with E-state index in [9.17, 15) is 14.4 Å². The Bertz CT molecular complexity index is 1380. The minimum atomic E-state index is -0.776. The van der Waals surface area contributed by atoms with Gasteiger partial charge in [-0.05, 0) is 83.5 Å². The molecule has 448 valence electrons. The quantitative estimate of drug-likeness (QED) is 0.0261. The molecule has 0 aliphatic heterocycles. The first-order valence-electron chi connectivity index (χ1n) is 33.8. The third-order valence-corrected chi connectivity index (χ3v) is 15.0. The molecule has 0 saturated carbocycles. The maximum atomic E-state index is 12.9. The van der Waals surface area contributed by atoms with E-state index in [1.165, 1.54) is 225 Å². The third-order valence-electron chi connectivity index (χ3n) is 15.0. The van der Waals surface area contributed by atoms with Gasteiger partial charge in [0.15, 0.2) is 6.10 Å². The normalized spacial score (nSPS) is 12.4. The van der Waals surface area contributed by atoms with E-state index in [1.807, 2.05) is 0 Å². The predicted octanol–water partition coefficient (Wildman–Crippen LogP) is 23.1. The van der Waals surface area contributed by atoms with E-state index in [0.717, 1.165) is 89.9 Å². The van der Waals surface area contributed by atoms with E-state index in [1.54, 1.807) is 0 Å². The molecule has 0 radical (unpaired) electrons. The van der Waals surface area contributed by atoms with Gasteiger partial charge in [0, 0.05) is 19.3 Å². The number of carbonyl (C=O) groups excluding carboxylic acids is 3. The highest BCUT2D eigenvalue weighted by atomic mass is 16.6. The number of ether oxygens (including phenoxy) is 3. The molecule has 0 saturated heterocycles. The Morgan fingerprint density at radius 3 is 0.805 bits per heavy atom. The molecular formula is C71H128O6. The van der Waals surface area contributed by atoms with Crippen LogP contribution in [0.25, 0.3) is 0 Å². The molecule has 0 aromatic rings. The molecule has 0 rings (SSSR count). The minimum absolute atomic E-state index is 0.0725. The van der Waals surface area contributed by atoms with Gasteiger partial charge in [0.25, 0.3) is 0 Å². The first kappa shape index (κ1) is 74.1. The Morgan fingerprint density at radius 1 is 0.273 bits per heavy atom. The molecule has 0 spiro atoms. The van der Waals surface area contributed by atoms with Crippen molar-refractivity contribution in [3.63, 3.8) is 0 Å². The summed E-state index contributed by atoms with van der Waals surface area (Å²) in [6, 6.07) is 0. The standard InChI is InChI=1S/C71H128O6/c1-4-7-10-13-16-19-22-25-28-30-32-33-34-35-36-37-38-39-40-42-43-46-49-52-55-58-61-64-70(73)76-67-68(66-75-69(72)63-60-57-54-51-48-45-27-24-21-18-15-12-9-6-3)77-71(74)65-62-59-56-53-50-47-44-41-31-29-26-23-20-17-14-11-8-5-2/h7,10,16,19,24-25,27-28,32-33,68H,4-6,8-9,11-15,17-18,20-23,26,29-31,34-67H2,1-3H3/b10-7-,19-16-,27-24-,28-25-,33-32-. The van der Waals surface area contributed by atoms with Crippen LogP contribution in [0.1, 0.15) is 355 Å². The van der Waals surface area contributed by atoms with Crippen LogP contribution in [0.5, 0.6) is 0 Å². The third kappa shape index (κ3) is 63.8. The van der Waals surface area contributed by atoms with Crippen LogP contribution in [0.3, 0.4) is 0 Å². The van der Waals surface area contributed by atoms with E-state index < -0.39 is 6.10 Å². The van der Waals surface area contributed by atoms with Crippen LogP contribution in [0.4, 0.5) is 0 Å². The van der Waals surface area contributed by atoms with Crippen molar-refractivity contribution in [2.24, 2.45) is 0 Å². The molecule has 1 unspecified atom stereocenters. The molecule has 1 atom stereocenters. The lowest BCUT2D eigenvalue weighted by Crippen LogP contribution is -2.30. The van der Waals surface area contributed by atoms with Crippen LogP contribution in [-0.2, 0) is 28.6 Å². The van der Waals surface area contributed by atoms with Gasteiger partial charge >= 0.3 is 17.9 Å². The summed E-state index contributed by atoms with van der Waals surface area (Å²) in [6.45, 7) is 6.57. The Labute approximate surface area is 479 Å². The molecular weight excluding hydrogens is 949 g/mol. The number of rotatable bonds is 62. The lowest BCUT2D eigenvalue weighted by Gasteiger charge is -2.18. The van der Waals surface area contributed by atoms with E-state index in [-0.39, 0.29) is 31.1 Å². The van der Waals surface area contributed by atoms with Crippen molar-refractivity contribution in [3.05, 3.63) is 60.8 Å². The van der Waals surface area contributed by atoms with Gasteiger partial charge in [0.2, 0.25) is 0 Å². The Morgan fingerprint density at radius 2 is 0.506 bits per heavy atom. The van der Waals surface area contributed by atoms with Crippen molar-refractivity contribution in [1.82, 2.24) is 0 Å². The summed E-state index contributed by atoms with van der Waals surface area (Å²) in [5.41, 5.74) is 0. The average Bonchev–Trinajstić information content (AvgIpc) is 3.43. The van der Waals surface area contributed by atoms with Crippen molar-refractivity contribution in [2.45, 2.75) is 361 Å². The van der Waals surface area contributed by atoms with Gasteiger partial charge in [-0.1, -0.05) is 313 Å². The summed E-state index contributed by atoms with van der Waals surface area (Å²) >= 11 is 0. The van der Waals surface area contributed by atoms with Crippen LogP contribution < -0.4 is 0 Å². The minimum Gasteiger partial charge on any atom is -0.462 e. The molecule has 0 aliphatic rings. The lowest BCUT2D eigenvalue weighted by atomic mass is 10.0. The first-order chi connectivity index (χ1) is 38.0. The second-order valence-corrected chi connectivity index (χ2v) is 22.7. The predicted molar refractivity (Wildman–Crippen MR) is 335 cm³/mol. The maximum absolute atomic E-state index is 12.9. The van der Waals surface area contributed by atoms with E-state index in [0.29, 0.717) is 19.3 Å². The topological polar surface area (TPSA) is 78.9 Å². The smallest absolute Gasteiger partial charge is 0.306 e. The second kappa shape index (κ2) is 65.6. The highest BCUT2D eigenvalue weighted by Gasteiger charge is 2.19. The van der Waals surface area contributed by atoms with Crippen LogP contribution in [0.15, 0.2) is 60.8 Å². The second-order valence-electron chi connectivity index (χ2n) is 22.7. The van der Waals surface area contributed by atoms with Gasteiger partial charge in [0.05, 0.1) is 0 Å². The van der Waals surface area contributed by atoms with Crippen LogP contribution in [0.2, 0.25) is 0 Å². The molecule has 0 amide bonds. The first-order valence-corrected chi connectivity index (χ1v) is 33.8. The number of esters is 3. The number of hydrogen-bond donors (Lipinski definition) is 0. The van der Waals surface area contributed by atoms with Crippen LogP contribution >= 0.6 is 0 Å². The number of allylic oxidation sites excluding steroid dienone is 10. The van der Waals surface area contributed by atoms with E-state index in [4.69, 9.17) is 14.2 Å². The van der Waals surface area contributed by atoms with Gasteiger partial charge < -0.3 is 14.2 Å². The zero-order valence-corrected chi connectivity index (χ0v) is 51.5. The fourth-order valence-electron chi connectivity index (χ4n) is 9.96. The van der Waals surface area contributed by atoms with Crippen molar-refractivity contribution in [3.8, 4) is 0 Å². The molecule has 0 N–H and O–H groups in total. The largest absolute Gasteiger partial charge is 0.462 e. The number of hydrogen-bond acceptors (Lipinski definition) is 6. The van der Waals surface area contributed by atoms with Gasteiger partial charge in [-0.3, -0.25) is 14.4 Å². The Hall–Kier alpha value is -2.89.